The first kappa shape index (κ1) is 19.1. The van der Waals surface area contributed by atoms with Crippen LogP contribution in [0.4, 0.5) is 4.39 Å². The average Bonchev–Trinajstić information content (AvgIpc) is 3.19. The number of amides is 1. The fourth-order valence-corrected chi connectivity index (χ4v) is 4.32. The Morgan fingerprint density at radius 2 is 2.00 bits per heavy atom. The molecular weight excluding hydrogens is 357 g/mol. The van der Waals surface area contributed by atoms with E-state index < -0.39 is 0 Å². The quantitative estimate of drug-likeness (QED) is 0.809. The zero-order chi connectivity index (χ0) is 19.5. The number of benzene rings is 1. The van der Waals surface area contributed by atoms with E-state index in [1.54, 1.807) is 18.3 Å². The molecule has 0 unspecified atom stereocenters. The molecule has 2 aromatic rings. The van der Waals surface area contributed by atoms with Crippen LogP contribution in [-0.4, -0.2) is 53.9 Å². The molecule has 0 radical (unpaired) electrons. The molecule has 1 amide bonds. The van der Waals surface area contributed by atoms with Gasteiger partial charge in [-0.15, -0.1) is 0 Å². The molecule has 2 fully saturated rings. The first-order valence-electron chi connectivity index (χ1n) is 10.3. The number of piperidine rings is 2. The monoisotopic (exact) mass is 385 g/mol. The van der Waals surface area contributed by atoms with Crippen molar-refractivity contribution in [2.24, 2.45) is 5.92 Å². The van der Waals surface area contributed by atoms with Gasteiger partial charge in [-0.1, -0.05) is 18.2 Å². The van der Waals surface area contributed by atoms with Gasteiger partial charge >= 0.3 is 0 Å². The van der Waals surface area contributed by atoms with Crippen molar-refractivity contribution < 1.29 is 13.6 Å². The Labute approximate surface area is 165 Å². The van der Waals surface area contributed by atoms with Crippen molar-refractivity contribution in [1.29, 1.82) is 0 Å². The Kier molecular flexibility index (Phi) is 5.76. The molecule has 2 saturated heterocycles. The van der Waals surface area contributed by atoms with Gasteiger partial charge in [-0.2, -0.15) is 0 Å². The molecule has 28 heavy (non-hydrogen) atoms. The number of hydrogen-bond acceptors (Lipinski definition) is 4. The highest BCUT2D eigenvalue weighted by molar-refractivity contribution is 5.79. The van der Waals surface area contributed by atoms with E-state index in [2.05, 4.69) is 16.9 Å². The summed E-state index contributed by atoms with van der Waals surface area (Å²) < 4.78 is 19.8. The van der Waals surface area contributed by atoms with Crippen LogP contribution in [0, 0.1) is 11.7 Å². The summed E-state index contributed by atoms with van der Waals surface area (Å²) in [6.07, 6.45) is 5.92. The number of halogens is 1. The van der Waals surface area contributed by atoms with Crippen LogP contribution in [0.1, 0.15) is 48.8 Å². The second-order valence-corrected chi connectivity index (χ2v) is 8.13. The minimum absolute atomic E-state index is 0.123. The average molecular weight is 385 g/mol. The van der Waals surface area contributed by atoms with Crippen LogP contribution in [-0.2, 0) is 11.2 Å². The smallest absolute Gasteiger partial charge is 0.225 e. The maximum atomic E-state index is 13.9. The van der Waals surface area contributed by atoms with E-state index >= 15 is 0 Å². The molecular formula is C22H28FN3O2. The summed E-state index contributed by atoms with van der Waals surface area (Å²) in [6, 6.07) is 6.73. The van der Waals surface area contributed by atoms with Gasteiger partial charge in [-0.3, -0.25) is 4.79 Å². The lowest BCUT2D eigenvalue weighted by Gasteiger charge is -2.36. The number of likely N-dealkylation sites (tertiary alicyclic amines) is 2. The number of oxazole rings is 1. The molecule has 2 aliphatic rings. The number of carbonyl (C=O) groups is 1. The minimum atomic E-state index is -0.229. The zero-order valence-corrected chi connectivity index (χ0v) is 16.4. The van der Waals surface area contributed by atoms with Crippen molar-refractivity contribution in [2.75, 3.05) is 33.2 Å². The standard InChI is InChI=1S/C22H28FN3O2/c1-25-11-8-16(9-12-25)22(27)26-10-4-6-18(15-26)21-24-14-19(28-21)13-17-5-2-3-7-20(17)23/h2-3,5,7,14,16,18H,4,6,8-13,15H2,1H3/t18-/m0/s1. The SMILES string of the molecule is CN1CCC(C(=O)N2CCC[C@H](c3ncc(Cc4ccccc4F)o3)C2)CC1. The fraction of sp³-hybridized carbons (Fsp3) is 0.545. The summed E-state index contributed by atoms with van der Waals surface area (Å²) in [6.45, 7) is 3.48. The normalized spacial score (nSPS) is 21.8. The topological polar surface area (TPSA) is 49.6 Å². The van der Waals surface area contributed by atoms with Gasteiger partial charge in [0.2, 0.25) is 5.91 Å². The van der Waals surface area contributed by atoms with Crippen LogP contribution >= 0.6 is 0 Å². The number of rotatable bonds is 4. The third kappa shape index (κ3) is 4.27. The third-order valence-electron chi connectivity index (χ3n) is 6.04. The van der Waals surface area contributed by atoms with Gasteiger partial charge in [-0.25, -0.2) is 9.37 Å². The van der Waals surface area contributed by atoms with Crippen molar-refractivity contribution in [3.63, 3.8) is 0 Å². The van der Waals surface area contributed by atoms with Crippen LogP contribution in [0.5, 0.6) is 0 Å². The molecule has 1 atom stereocenters. The molecule has 4 rings (SSSR count). The summed E-state index contributed by atoms with van der Waals surface area (Å²) in [5.74, 6) is 1.67. The molecule has 0 aliphatic carbocycles. The van der Waals surface area contributed by atoms with E-state index in [0.29, 0.717) is 30.2 Å². The first-order valence-corrected chi connectivity index (χ1v) is 10.3. The van der Waals surface area contributed by atoms with Crippen molar-refractivity contribution in [2.45, 2.75) is 38.0 Å². The lowest BCUT2D eigenvalue weighted by atomic mass is 9.92. The second-order valence-electron chi connectivity index (χ2n) is 8.13. The highest BCUT2D eigenvalue weighted by Crippen LogP contribution is 2.29. The van der Waals surface area contributed by atoms with Crippen LogP contribution in [0.3, 0.4) is 0 Å². The predicted molar refractivity (Wildman–Crippen MR) is 104 cm³/mol. The van der Waals surface area contributed by atoms with Gasteiger partial charge in [0.15, 0.2) is 5.89 Å². The second kappa shape index (κ2) is 8.43. The molecule has 0 N–H and O–H groups in total. The van der Waals surface area contributed by atoms with Gasteiger partial charge in [0, 0.05) is 25.4 Å². The Balaban J connectivity index is 1.39. The summed E-state index contributed by atoms with van der Waals surface area (Å²) in [5, 5.41) is 0. The van der Waals surface area contributed by atoms with Crippen LogP contribution in [0.15, 0.2) is 34.9 Å². The largest absolute Gasteiger partial charge is 0.445 e. The highest BCUT2D eigenvalue weighted by atomic mass is 19.1. The van der Waals surface area contributed by atoms with Crippen LogP contribution in [0.25, 0.3) is 0 Å². The maximum absolute atomic E-state index is 13.9. The van der Waals surface area contributed by atoms with Crippen LogP contribution in [0.2, 0.25) is 0 Å². The molecule has 3 heterocycles. The van der Waals surface area contributed by atoms with E-state index in [4.69, 9.17) is 4.42 Å². The van der Waals surface area contributed by atoms with E-state index in [9.17, 15) is 9.18 Å². The molecule has 6 heteroatoms. The molecule has 5 nitrogen and oxygen atoms in total. The molecule has 0 saturated carbocycles. The van der Waals surface area contributed by atoms with Gasteiger partial charge in [0.25, 0.3) is 0 Å². The molecule has 0 bridgehead atoms. The first-order chi connectivity index (χ1) is 13.6. The summed E-state index contributed by atoms with van der Waals surface area (Å²) >= 11 is 0. The fourth-order valence-electron chi connectivity index (χ4n) is 4.32. The molecule has 150 valence electrons. The lowest BCUT2D eigenvalue weighted by Crippen LogP contribution is -2.45. The lowest BCUT2D eigenvalue weighted by molar-refractivity contribution is -0.138. The Morgan fingerprint density at radius 3 is 2.79 bits per heavy atom. The van der Waals surface area contributed by atoms with Crippen molar-refractivity contribution in [3.8, 4) is 0 Å². The Hall–Kier alpha value is -2.21. The van der Waals surface area contributed by atoms with E-state index in [0.717, 1.165) is 45.3 Å². The van der Waals surface area contributed by atoms with Gasteiger partial charge in [0.05, 0.1) is 12.1 Å². The number of nitrogens with zero attached hydrogens (tertiary/aromatic N) is 3. The number of carbonyl (C=O) groups excluding carboxylic acids is 1. The summed E-state index contributed by atoms with van der Waals surface area (Å²) in [5.41, 5.74) is 0.605. The molecule has 0 spiro atoms. The predicted octanol–water partition coefficient (Wildman–Crippen LogP) is 3.45. The molecule has 1 aromatic heterocycles. The Bertz CT molecular complexity index is 814. The van der Waals surface area contributed by atoms with Crippen molar-refractivity contribution in [3.05, 3.63) is 53.5 Å². The van der Waals surface area contributed by atoms with E-state index in [1.807, 2.05) is 11.0 Å². The highest BCUT2D eigenvalue weighted by Gasteiger charge is 2.32. The van der Waals surface area contributed by atoms with E-state index in [-0.39, 0.29) is 23.6 Å². The maximum Gasteiger partial charge on any atom is 0.225 e. The van der Waals surface area contributed by atoms with Gasteiger partial charge in [0.1, 0.15) is 11.6 Å². The van der Waals surface area contributed by atoms with Gasteiger partial charge in [-0.05, 0) is 57.5 Å². The minimum Gasteiger partial charge on any atom is -0.445 e. The van der Waals surface area contributed by atoms with Crippen molar-refractivity contribution >= 4 is 5.91 Å². The molecule has 1 aromatic carbocycles. The van der Waals surface area contributed by atoms with E-state index in [1.165, 1.54) is 6.07 Å². The van der Waals surface area contributed by atoms with Gasteiger partial charge < -0.3 is 14.2 Å². The molecule has 2 aliphatic heterocycles. The zero-order valence-electron chi connectivity index (χ0n) is 16.4. The summed E-state index contributed by atoms with van der Waals surface area (Å²) in [7, 11) is 2.11. The third-order valence-corrected chi connectivity index (χ3v) is 6.04. The van der Waals surface area contributed by atoms with Crippen LogP contribution < -0.4 is 0 Å². The van der Waals surface area contributed by atoms with Crippen molar-refractivity contribution in [1.82, 2.24) is 14.8 Å². The number of hydrogen-bond donors (Lipinski definition) is 0. The number of aromatic nitrogens is 1. The summed E-state index contributed by atoms with van der Waals surface area (Å²) in [4.78, 5) is 21.7. The Morgan fingerprint density at radius 1 is 1.21 bits per heavy atom.